The highest BCUT2D eigenvalue weighted by atomic mass is 16.5. The molecule has 1 unspecified atom stereocenters. The van der Waals surface area contributed by atoms with Crippen molar-refractivity contribution in [3.63, 3.8) is 0 Å². The van der Waals surface area contributed by atoms with Crippen molar-refractivity contribution in [2.45, 2.75) is 26.1 Å². The van der Waals surface area contributed by atoms with Crippen LogP contribution in [0.15, 0.2) is 18.2 Å². The molecular weight excluding hydrogens is 250 g/mol. The van der Waals surface area contributed by atoms with Crippen molar-refractivity contribution in [2.24, 2.45) is 0 Å². The van der Waals surface area contributed by atoms with E-state index in [9.17, 15) is 0 Å². The summed E-state index contributed by atoms with van der Waals surface area (Å²) in [5, 5.41) is 3.21. The lowest BCUT2D eigenvalue weighted by molar-refractivity contribution is 0.0930. The van der Waals surface area contributed by atoms with Gasteiger partial charge in [-0.05, 0) is 38.7 Å². The van der Waals surface area contributed by atoms with Crippen molar-refractivity contribution < 1.29 is 4.74 Å². The van der Waals surface area contributed by atoms with Crippen molar-refractivity contribution in [1.82, 2.24) is 15.1 Å². The first kappa shape index (κ1) is 15.3. The van der Waals surface area contributed by atoms with Crippen LogP contribution in [0, 0.1) is 0 Å². The van der Waals surface area contributed by atoms with Gasteiger partial charge in [0.25, 0.3) is 0 Å². The normalized spacial score (nSPS) is 21.1. The maximum atomic E-state index is 5.52. The van der Waals surface area contributed by atoms with Crippen molar-refractivity contribution in [2.75, 3.05) is 40.8 Å². The predicted molar refractivity (Wildman–Crippen MR) is 83.1 cm³/mol. The fourth-order valence-corrected chi connectivity index (χ4v) is 2.90. The third-order valence-corrected chi connectivity index (χ3v) is 4.07. The first-order chi connectivity index (χ1) is 9.63. The molecule has 1 N–H and O–H groups in total. The summed E-state index contributed by atoms with van der Waals surface area (Å²) in [6, 6.07) is 7.07. The Kier molecular flexibility index (Phi) is 5.40. The minimum absolute atomic E-state index is 0.589. The van der Waals surface area contributed by atoms with Gasteiger partial charge in [-0.1, -0.05) is 6.07 Å². The van der Waals surface area contributed by atoms with E-state index < -0.39 is 0 Å². The number of ether oxygens (including phenoxy) is 1. The zero-order chi connectivity index (χ0) is 14.5. The number of rotatable bonds is 5. The van der Waals surface area contributed by atoms with Crippen LogP contribution in [0.4, 0.5) is 0 Å². The van der Waals surface area contributed by atoms with E-state index in [1.165, 1.54) is 11.1 Å². The maximum absolute atomic E-state index is 5.52. The maximum Gasteiger partial charge on any atom is 0.123 e. The van der Waals surface area contributed by atoms with Crippen LogP contribution < -0.4 is 10.1 Å². The molecule has 1 atom stereocenters. The second-order valence-electron chi connectivity index (χ2n) is 5.76. The molecule has 1 fully saturated rings. The average Bonchev–Trinajstić information content (AvgIpc) is 2.43. The molecule has 20 heavy (non-hydrogen) atoms. The van der Waals surface area contributed by atoms with Crippen molar-refractivity contribution in [3.8, 4) is 5.75 Å². The summed E-state index contributed by atoms with van der Waals surface area (Å²) in [6.45, 7) is 7.57. The highest BCUT2D eigenvalue weighted by molar-refractivity contribution is 5.37. The lowest BCUT2D eigenvalue weighted by atomic mass is 10.1. The molecule has 2 rings (SSSR count). The van der Waals surface area contributed by atoms with Gasteiger partial charge in [-0.3, -0.25) is 4.90 Å². The molecule has 0 saturated carbocycles. The van der Waals surface area contributed by atoms with Crippen molar-refractivity contribution in [3.05, 3.63) is 29.3 Å². The third kappa shape index (κ3) is 3.72. The largest absolute Gasteiger partial charge is 0.496 e. The lowest BCUT2D eigenvalue weighted by Crippen LogP contribution is -2.49. The van der Waals surface area contributed by atoms with Gasteiger partial charge in [0.05, 0.1) is 7.11 Å². The lowest BCUT2D eigenvalue weighted by Gasteiger charge is -2.38. The van der Waals surface area contributed by atoms with Crippen LogP contribution in [0.5, 0.6) is 5.75 Å². The molecule has 112 valence electrons. The second kappa shape index (κ2) is 7.07. The van der Waals surface area contributed by atoms with Gasteiger partial charge in [0.1, 0.15) is 5.75 Å². The Bertz CT molecular complexity index is 436. The Morgan fingerprint density at radius 1 is 1.35 bits per heavy atom. The molecule has 0 amide bonds. The Balaban J connectivity index is 2.12. The number of hydrogen-bond acceptors (Lipinski definition) is 4. The van der Waals surface area contributed by atoms with Crippen molar-refractivity contribution >= 4 is 0 Å². The summed E-state index contributed by atoms with van der Waals surface area (Å²) < 4.78 is 5.52. The van der Waals surface area contributed by atoms with E-state index in [1.54, 1.807) is 7.11 Å². The summed E-state index contributed by atoms with van der Waals surface area (Å²) in [5.74, 6) is 0.996. The molecule has 0 radical (unpaired) electrons. The van der Waals surface area contributed by atoms with Gasteiger partial charge >= 0.3 is 0 Å². The zero-order valence-electron chi connectivity index (χ0n) is 13.1. The number of methoxy groups -OCH3 is 1. The number of nitrogens with one attached hydrogen (secondary N) is 1. The van der Waals surface area contributed by atoms with E-state index in [-0.39, 0.29) is 0 Å². The highest BCUT2D eigenvalue weighted by Crippen LogP contribution is 2.23. The summed E-state index contributed by atoms with van der Waals surface area (Å²) in [6.07, 6.45) is 0. The molecule has 0 bridgehead atoms. The van der Waals surface area contributed by atoms with E-state index in [4.69, 9.17) is 4.74 Å². The van der Waals surface area contributed by atoms with Crippen LogP contribution in [0.3, 0.4) is 0 Å². The van der Waals surface area contributed by atoms with Gasteiger partial charge in [-0.2, -0.15) is 0 Å². The van der Waals surface area contributed by atoms with Gasteiger partial charge in [0.2, 0.25) is 0 Å². The topological polar surface area (TPSA) is 27.7 Å². The summed E-state index contributed by atoms with van der Waals surface area (Å²) in [4.78, 5) is 4.94. The standard InChI is InChI=1S/C16H27N3O/c1-13-11-18(3)7-8-19(13)12-15-9-14(10-17-2)5-6-16(15)20-4/h5-6,9,13,17H,7-8,10-12H2,1-4H3. The Morgan fingerprint density at radius 3 is 2.80 bits per heavy atom. The Labute approximate surface area is 122 Å². The quantitative estimate of drug-likeness (QED) is 0.884. The van der Waals surface area contributed by atoms with E-state index in [2.05, 4.69) is 47.3 Å². The number of nitrogens with zero attached hydrogens (tertiary/aromatic N) is 2. The van der Waals surface area contributed by atoms with Crippen LogP contribution in [0.1, 0.15) is 18.1 Å². The van der Waals surface area contributed by atoms with Gasteiger partial charge in [0.15, 0.2) is 0 Å². The molecule has 1 aromatic carbocycles. The van der Waals surface area contributed by atoms with Gasteiger partial charge in [-0.15, -0.1) is 0 Å². The monoisotopic (exact) mass is 277 g/mol. The van der Waals surface area contributed by atoms with Gasteiger partial charge < -0.3 is 15.0 Å². The third-order valence-electron chi connectivity index (χ3n) is 4.07. The summed E-state index contributed by atoms with van der Waals surface area (Å²) >= 11 is 0. The van der Waals surface area contributed by atoms with Gasteiger partial charge in [-0.25, -0.2) is 0 Å². The van der Waals surface area contributed by atoms with E-state index in [0.29, 0.717) is 6.04 Å². The molecule has 1 heterocycles. The molecule has 1 aliphatic heterocycles. The summed E-state index contributed by atoms with van der Waals surface area (Å²) in [7, 11) is 5.93. The molecule has 0 aromatic heterocycles. The van der Waals surface area contributed by atoms with Crippen LogP contribution in [-0.2, 0) is 13.1 Å². The fraction of sp³-hybridized carbons (Fsp3) is 0.625. The second-order valence-corrected chi connectivity index (χ2v) is 5.76. The smallest absolute Gasteiger partial charge is 0.123 e. The Morgan fingerprint density at radius 2 is 2.15 bits per heavy atom. The van der Waals surface area contributed by atoms with E-state index >= 15 is 0 Å². The highest BCUT2D eigenvalue weighted by Gasteiger charge is 2.22. The van der Waals surface area contributed by atoms with Crippen LogP contribution >= 0.6 is 0 Å². The number of benzene rings is 1. The van der Waals surface area contributed by atoms with Gasteiger partial charge in [0, 0.05) is 44.3 Å². The van der Waals surface area contributed by atoms with E-state index in [0.717, 1.165) is 38.5 Å². The SMILES string of the molecule is CNCc1ccc(OC)c(CN2CCN(C)CC2C)c1. The first-order valence-electron chi connectivity index (χ1n) is 7.37. The van der Waals surface area contributed by atoms with E-state index in [1.807, 2.05) is 7.05 Å². The Hall–Kier alpha value is -1.10. The van der Waals surface area contributed by atoms with Crippen LogP contribution in [-0.4, -0.2) is 56.7 Å². The molecular formula is C16H27N3O. The molecule has 0 aliphatic carbocycles. The average molecular weight is 277 g/mol. The van der Waals surface area contributed by atoms with Crippen LogP contribution in [0.25, 0.3) is 0 Å². The summed E-state index contributed by atoms with van der Waals surface area (Å²) in [5.41, 5.74) is 2.60. The number of piperazine rings is 1. The number of likely N-dealkylation sites (N-methyl/N-ethyl adjacent to an activating group) is 1. The minimum Gasteiger partial charge on any atom is -0.496 e. The molecule has 1 aliphatic rings. The fourth-order valence-electron chi connectivity index (χ4n) is 2.90. The predicted octanol–water partition coefficient (Wildman–Crippen LogP) is 1.55. The molecule has 0 spiro atoms. The molecule has 1 saturated heterocycles. The minimum atomic E-state index is 0.589. The number of hydrogen-bond donors (Lipinski definition) is 1. The first-order valence-corrected chi connectivity index (χ1v) is 7.37. The van der Waals surface area contributed by atoms with Crippen molar-refractivity contribution in [1.29, 1.82) is 0 Å². The molecule has 1 aromatic rings. The molecule has 4 heteroatoms. The zero-order valence-corrected chi connectivity index (χ0v) is 13.1. The van der Waals surface area contributed by atoms with Crippen LogP contribution in [0.2, 0.25) is 0 Å². The molecule has 4 nitrogen and oxygen atoms in total.